The van der Waals surface area contributed by atoms with Gasteiger partial charge in [0.15, 0.2) is 0 Å². The quantitative estimate of drug-likeness (QED) is 0.859. The van der Waals surface area contributed by atoms with E-state index < -0.39 is 0 Å². The molecule has 92 valence electrons. The number of anilines is 1. The predicted molar refractivity (Wildman–Crippen MR) is 67.3 cm³/mol. The SMILES string of the molecule is O=C(CNC1CCOC1)Nc1cccc(Cl)c1. The van der Waals surface area contributed by atoms with E-state index in [1.807, 2.05) is 6.07 Å². The molecule has 0 saturated carbocycles. The second-order valence-corrected chi connectivity index (χ2v) is 4.44. The first-order valence-electron chi connectivity index (χ1n) is 5.60. The average molecular weight is 255 g/mol. The van der Waals surface area contributed by atoms with Crippen LogP contribution in [0.1, 0.15) is 6.42 Å². The fourth-order valence-electron chi connectivity index (χ4n) is 1.70. The molecule has 0 bridgehead atoms. The Morgan fingerprint density at radius 2 is 2.41 bits per heavy atom. The maximum absolute atomic E-state index is 11.6. The smallest absolute Gasteiger partial charge is 0.238 e. The van der Waals surface area contributed by atoms with Crippen LogP contribution < -0.4 is 10.6 Å². The van der Waals surface area contributed by atoms with Crippen molar-refractivity contribution in [2.45, 2.75) is 12.5 Å². The summed E-state index contributed by atoms with van der Waals surface area (Å²) in [6.45, 7) is 1.75. The Hall–Kier alpha value is -1.10. The fraction of sp³-hybridized carbons (Fsp3) is 0.417. The fourth-order valence-corrected chi connectivity index (χ4v) is 1.89. The minimum atomic E-state index is -0.0702. The minimum absolute atomic E-state index is 0.0702. The number of carbonyl (C=O) groups excluding carboxylic acids is 1. The summed E-state index contributed by atoms with van der Waals surface area (Å²) in [5.74, 6) is -0.0702. The number of ether oxygens (including phenoxy) is 1. The van der Waals surface area contributed by atoms with Crippen molar-refractivity contribution in [1.29, 1.82) is 0 Å². The van der Waals surface area contributed by atoms with Crippen LogP contribution in [0.3, 0.4) is 0 Å². The molecule has 1 fully saturated rings. The third-order valence-electron chi connectivity index (χ3n) is 2.59. The summed E-state index contributed by atoms with van der Waals surface area (Å²) in [5.41, 5.74) is 0.715. The van der Waals surface area contributed by atoms with E-state index in [1.54, 1.807) is 18.2 Å². The maximum Gasteiger partial charge on any atom is 0.238 e. The summed E-state index contributed by atoms with van der Waals surface area (Å²) in [6.07, 6.45) is 0.963. The number of halogens is 1. The number of hydrogen-bond acceptors (Lipinski definition) is 3. The van der Waals surface area contributed by atoms with Crippen LogP contribution >= 0.6 is 11.6 Å². The molecule has 5 heteroatoms. The van der Waals surface area contributed by atoms with Crippen LogP contribution in [-0.2, 0) is 9.53 Å². The highest BCUT2D eigenvalue weighted by molar-refractivity contribution is 6.30. The van der Waals surface area contributed by atoms with Crippen molar-refractivity contribution >= 4 is 23.2 Å². The van der Waals surface area contributed by atoms with Gasteiger partial charge >= 0.3 is 0 Å². The number of hydrogen-bond donors (Lipinski definition) is 2. The zero-order chi connectivity index (χ0) is 12.1. The van der Waals surface area contributed by atoms with Crippen molar-refractivity contribution in [3.63, 3.8) is 0 Å². The molecule has 0 radical (unpaired) electrons. The zero-order valence-corrected chi connectivity index (χ0v) is 10.2. The number of carbonyl (C=O) groups is 1. The van der Waals surface area contributed by atoms with Crippen LogP contribution in [0.15, 0.2) is 24.3 Å². The van der Waals surface area contributed by atoms with Gasteiger partial charge in [0.1, 0.15) is 0 Å². The lowest BCUT2D eigenvalue weighted by molar-refractivity contribution is -0.115. The van der Waals surface area contributed by atoms with Gasteiger partial charge in [0.25, 0.3) is 0 Å². The molecule has 2 rings (SSSR count). The van der Waals surface area contributed by atoms with Crippen molar-refractivity contribution in [3.8, 4) is 0 Å². The molecular formula is C12H15ClN2O2. The molecule has 17 heavy (non-hydrogen) atoms. The van der Waals surface area contributed by atoms with Gasteiger partial charge in [0.2, 0.25) is 5.91 Å². The molecule has 4 nitrogen and oxygen atoms in total. The first-order chi connectivity index (χ1) is 8.24. The molecule has 0 spiro atoms. The highest BCUT2D eigenvalue weighted by Crippen LogP contribution is 2.14. The van der Waals surface area contributed by atoms with E-state index in [0.29, 0.717) is 29.9 Å². The second kappa shape index (κ2) is 6.00. The van der Waals surface area contributed by atoms with Crippen LogP contribution in [0.5, 0.6) is 0 Å². The summed E-state index contributed by atoms with van der Waals surface area (Å²) in [5, 5.41) is 6.54. The van der Waals surface area contributed by atoms with Crippen molar-refractivity contribution < 1.29 is 9.53 Å². The van der Waals surface area contributed by atoms with Crippen molar-refractivity contribution in [1.82, 2.24) is 5.32 Å². The monoisotopic (exact) mass is 254 g/mol. The van der Waals surface area contributed by atoms with Crippen LogP contribution in [-0.4, -0.2) is 31.7 Å². The zero-order valence-electron chi connectivity index (χ0n) is 9.41. The lowest BCUT2D eigenvalue weighted by atomic mass is 10.2. The Bertz CT molecular complexity index is 392. The van der Waals surface area contributed by atoms with E-state index >= 15 is 0 Å². The summed E-state index contributed by atoms with van der Waals surface area (Å²) in [4.78, 5) is 11.6. The predicted octanol–water partition coefficient (Wildman–Crippen LogP) is 1.66. The van der Waals surface area contributed by atoms with Crippen LogP contribution in [0.25, 0.3) is 0 Å². The Labute approximate surface area is 105 Å². The largest absolute Gasteiger partial charge is 0.380 e. The van der Waals surface area contributed by atoms with Gasteiger partial charge in [-0.1, -0.05) is 17.7 Å². The van der Waals surface area contributed by atoms with Crippen molar-refractivity contribution in [2.24, 2.45) is 0 Å². The standard InChI is InChI=1S/C12H15ClN2O2/c13-9-2-1-3-10(6-9)15-12(16)7-14-11-4-5-17-8-11/h1-3,6,11,14H,4-5,7-8H2,(H,15,16). The topological polar surface area (TPSA) is 50.4 Å². The third-order valence-corrected chi connectivity index (χ3v) is 2.82. The normalized spacial score (nSPS) is 19.2. The minimum Gasteiger partial charge on any atom is -0.380 e. The number of benzene rings is 1. The number of amides is 1. The summed E-state index contributed by atoms with van der Waals surface area (Å²) < 4.78 is 5.21. The molecule has 1 unspecified atom stereocenters. The Morgan fingerprint density at radius 1 is 1.53 bits per heavy atom. The van der Waals surface area contributed by atoms with E-state index in [9.17, 15) is 4.79 Å². The summed E-state index contributed by atoms with van der Waals surface area (Å²) >= 11 is 5.83. The molecule has 1 saturated heterocycles. The summed E-state index contributed by atoms with van der Waals surface area (Å²) in [7, 11) is 0. The molecule has 1 amide bonds. The van der Waals surface area contributed by atoms with E-state index in [1.165, 1.54) is 0 Å². The van der Waals surface area contributed by atoms with Gasteiger partial charge in [-0.25, -0.2) is 0 Å². The van der Waals surface area contributed by atoms with Gasteiger partial charge in [-0.05, 0) is 24.6 Å². The first kappa shape index (κ1) is 12.4. The molecule has 2 N–H and O–H groups in total. The summed E-state index contributed by atoms with van der Waals surface area (Å²) in [6, 6.07) is 7.39. The van der Waals surface area contributed by atoms with Gasteiger partial charge in [0.05, 0.1) is 13.2 Å². The van der Waals surface area contributed by atoms with Gasteiger partial charge in [0, 0.05) is 23.4 Å². The van der Waals surface area contributed by atoms with Gasteiger partial charge in [-0.3, -0.25) is 4.79 Å². The first-order valence-corrected chi connectivity index (χ1v) is 5.98. The van der Waals surface area contributed by atoms with Crippen LogP contribution in [0.2, 0.25) is 5.02 Å². The van der Waals surface area contributed by atoms with Crippen LogP contribution in [0, 0.1) is 0 Å². The van der Waals surface area contributed by atoms with Crippen LogP contribution in [0.4, 0.5) is 5.69 Å². The Morgan fingerprint density at radius 3 is 3.12 bits per heavy atom. The second-order valence-electron chi connectivity index (χ2n) is 4.00. The highest BCUT2D eigenvalue weighted by Gasteiger charge is 2.15. The maximum atomic E-state index is 11.6. The van der Waals surface area contributed by atoms with Crippen molar-refractivity contribution in [2.75, 3.05) is 25.1 Å². The van der Waals surface area contributed by atoms with Gasteiger partial charge in [-0.15, -0.1) is 0 Å². The van der Waals surface area contributed by atoms with Crippen molar-refractivity contribution in [3.05, 3.63) is 29.3 Å². The number of nitrogens with one attached hydrogen (secondary N) is 2. The van der Waals surface area contributed by atoms with E-state index in [0.717, 1.165) is 13.0 Å². The molecule has 1 atom stereocenters. The molecular weight excluding hydrogens is 240 g/mol. The molecule has 1 heterocycles. The molecule has 1 aromatic rings. The highest BCUT2D eigenvalue weighted by atomic mass is 35.5. The Balaban J connectivity index is 1.76. The van der Waals surface area contributed by atoms with E-state index in [2.05, 4.69) is 10.6 Å². The lowest BCUT2D eigenvalue weighted by Gasteiger charge is -2.10. The molecule has 0 aliphatic carbocycles. The lowest BCUT2D eigenvalue weighted by Crippen LogP contribution is -2.36. The third kappa shape index (κ3) is 4.00. The molecule has 1 aromatic carbocycles. The van der Waals surface area contributed by atoms with E-state index in [4.69, 9.17) is 16.3 Å². The molecule has 1 aliphatic heterocycles. The number of rotatable bonds is 4. The van der Waals surface area contributed by atoms with Gasteiger partial charge in [-0.2, -0.15) is 0 Å². The average Bonchev–Trinajstić information content (AvgIpc) is 2.79. The molecule has 0 aromatic heterocycles. The molecule has 1 aliphatic rings. The van der Waals surface area contributed by atoms with Gasteiger partial charge < -0.3 is 15.4 Å². The Kier molecular flexibility index (Phi) is 4.36. The van der Waals surface area contributed by atoms with E-state index in [-0.39, 0.29) is 5.91 Å².